The number of esters is 2. The number of carbonyl (C=O) groups is 2. The van der Waals surface area contributed by atoms with E-state index in [1.54, 1.807) is 0 Å². The van der Waals surface area contributed by atoms with E-state index in [2.05, 4.69) is 0 Å². The second-order valence-electron chi connectivity index (χ2n) is 7.20. The first kappa shape index (κ1) is 18.5. The Bertz CT molecular complexity index is 575. The topological polar surface area (TPSA) is 61.8 Å². The fourth-order valence-electron chi connectivity index (χ4n) is 3.02. The largest absolute Gasteiger partial charge is 0.469 e. The van der Waals surface area contributed by atoms with Gasteiger partial charge in [-0.25, -0.2) is 0 Å². The van der Waals surface area contributed by atoms with Crippen LogP contribution in [0.5, 0.6) is 0 Å². The highest BCUT2D eigenvalue weighted by atomic mass is 16.6. The van der Waals surface area contributed by atoms with Gasteiger partial charge in [-0.1, -0.05) is 37.3 Å². The lowest BCUT2D eigenvalue weighted by Gasteiger charge is -2.26. The predicted molar refractivity (Wildman–Crippen MR) is 89.2 cm³/mol. The summed E-state index contributed by atoms with van der Waals surface area (Å²) in [5, 5.41) is 0. The Balaban J connectivity index is 2.27. The van der Waals surface area contributed by atoms with Crippen LogP contribution in [-0.2, 0) is 23.8 Å². The summed E-state index contributed by atoms with van der Waals surface area (Å²) in [6, 6.07) is 9.58. The van der Waals surface area contributed by atoms with Crippen LogP contribution < -0.4 is 0 Å². The van der Waals surface area contributed by atoms with Gasteiger partial charge in [0.25, 0.3) is 0 Å². The molecule has 0 aromatic heterocycles. The number of ether oxygens (including phenoxy) is 3. The third-order valence-electron chi connectivity index (χ3n) is 4.20. The first-order valence-electron chi connectivity index (χ1n) is 8.23. The van der Waals surface area contributed by atoms with Crippen LogP contribution in [0.3, 0.4) is 0 Å². The van der Waals surface area contributed by atoms with Gasteiger partial charge in [-0.05, 0) is 32.3 Å². The summed E-state index contributed by atoms with van der Waals surface area (Å²) in [5.41, 5.74) is 0.339. The van der Waals surface area contributed by atoms with Crippen molar-refractivity contribution in [2.75, 3.05) is 7.11 Å². The summed E-state index contributed by atoms with van der Waals surface area (Å²) < 4.78 is 16.4. The van der Waals surface area contributed by atoms with E-state index in [0.717, 1.165) is 5.56 Å². The number of benzene rings is 1. The van der Waals surface area contributed by atoms with E-state index >= 15 is 0 Å². The van der Waals surface area contributed by atoms with Crippen LogP contribution in [-0.4, -0.2) is 30.8 Å². The van der Waals surface area contributed by atoms with E-state index in [1.165, 1.54) is 7.11 Å². The Morgan fingerprint density at radius 2 is 1.79 bits per heavy atom. The minimum absolute atomic E-state index is 0.125. The molecule has 24 heavy (non-hydrogen) atoms. The van der Waals surface area contributed by atoms with Crippen molar-refractivity contribution in [1.29, 1.82) is 0 Å². The molecular weight excluding hydrogens is 308 g/mol. The lowest BCUT2D eigenvalue weighted by molar-refractivity contribution is -0.163. The zero-order valence-electron chi connectivity index (χ0n) is 14.9. The van der Waals surface area contributed by atoms with Gasteiger partial charge in [0.15, 0.2) is 0 Å². The fourth-order valence-corrected chi connectivity index (χ4v) is 3.02. The monoisotopic (exact) mass is 334 g/mol. The summed E-state index contributed by atoms with van der Waals surface area (Å²) in [6.45, 7) is 7.45. The smallest absolute Gasteiger partial charge is 0.312 e. The van der Waals surface area contributed by atoms with Gasteiger partial charge >= 0.3 is 11.9 Å². The van der Waals surface area contributed by atoms with Gasteiger partial charge < -0.3 is 14.2 Å². The standard InChI is InChI=1S/C19H26O5/c1-12-14(11-15(20)22-5)23-17(13-9-7-6-8-10-13)16(12)18(21)24-19(2,3)4/h6-10,12,14,16-17H,11H2,1-5H3/t12-,14-,16+,17+/m1/s1. The van der Waals surface area contributed by atoms with Gasteiger partial charge in [0, 0.05) is 0 Å². The summed E-state index contributed by atoms with van der Waals surface area (Å²) in [5.74, 6) is -1.25. The molecule has 1 aromatic rings. The van der Waals surface area contributed by atoms with E-state index in [1.807, 2.05) is 58.0 Å². The highest BCUT2D eigenvalue weighted by Gasteiger charge is 2.48. The Labute approximate surface area is 143 Å². The molecule has 0 bridgehead atoms. The van der Waals surface area contributed by atoms with Crippen LogP contribution in [0.1, 0.15) is 45.8 Å². The van der Waals surface area contributed by atoms with Crippen molar-refractivity contribution in [3.63, 3.8) is 0 Å². The molecule has 5 nitrogen and oxygen atoms in total. The lowest BCUT2D eigenvalue weighted by Crippen LogP contribution is -2.33. The molecule has 1 aliphatic rings. The summed E-state index contributed by atoms with van der Waals surface area (Å²) >= 11 is 0. The van der Waals surface area contributed by atoms with Gasteiger partial charge in [0.2, 0.25) is 0 Å². The molecule has 5 heteroatoms. The summed E-state index contributed by atoms with van der Waals surface area (Å²) in [7, 11) is 1.35. The number of hydrogen-bond acceptors (Lipinski definition) is 5. The minimum atomic E-state index is -0.571. The molecule has 1 aromatic carbocycles. The highest BCUT2D eigenvalue weighted by molar-refractivity contribution is 5.75. The minimum Gasteiger partial charge on any atom is -0.469 e. The van der Waals surface area contributed by atoms with Gasteiger partial charge in [-0.2, -0.15) is 0 Å². The quantitative estimate of drug-likeness (QED) is 0.791. The van der Waals surface area contributed by atoms with E-state index < -0.39 is 17.6 Å². The molecule has 1 fully saturated rings. The molecule has 0 spiro atoms. The Morgan fingerprint density at radius 1 is 1.17 bits per heavy atom. The van der Waals surface area contributed by atoms with Crippen molar-refractivity contribution in [3.05, 3.63) is 35.9 Å². The SMILES string of the molecule is COC(=O)C[C@H]1O[C@@H](c2ccccc2)[C@@H](C(=O)OC(C)(C)C)[C@@H]1C. The van der Waals surface area contributed by atoms with Crippen molar-refractivity contribution < 1.29 is 23.8 Å². The molecule has 0 saturated carbocycles. The molecule has 0 radical (unpaired) electrons. The zero-order chi connectivity index (χ0) is 17.9. The van der Waals surface area contributed by atoms with Gasteiger partial charge in [0.05, 0.1) is 31.7 Å². The zero-order valence-corrected chi connectivity index (χ0v) is 14.9. The highest BCUT2D eigenvalue weighted by Crippen LogP contribution is 2.44. The van der Waals surface area contributed by atoms with Crippen LogP contribution >= 0.6 is 0 Å². The normalized spacial score (nSPS) is 26.9. The molecule has 1 aliphatic heterocycles. The molecule has 4 atom stereocenters. The average Bonchev–Trinajstić information content (AvgIpc) is 2.83. The fraction of sp³-hybridized carbons (Fsp3) is 0.579. The average molecular weight is 334 g/mol. The molecule has 2 rings (SSSR count). The van der Waals surface area contributed by atoms with Crippen LogP contribution in [0.15, 0.2) is 30.3 Å². The van der Waals surface area contributed by atoms with E-state index in [-0.39, 0.29) is 30.4 Å². The molecule has 0 amide bonds. The molecule has 0 unspecified atom stereocenters. The molecular formula is C19H26O5. The van der Waals surface area contributed by atoms with Crippen LogP contribution in [0.2, 0.25) is 0 Å². The Morgan fingerprint density at radius 3 is 2.33 bits per heavy atom. The Kier molecular flexibility index (Phi) is 5.65. The molecule has 1 heterocycles. The first-order valence-corrected chi connectivity index (χ1v) is 8.23. The van der Waals surface area contributed by atoms with Crippen LogP contribution in [0.4, 0.5) is 0 Å². The number of carbonyl (C=O) groups excluding carboxylic acids is 2. The summed E-state index contributed by atoms with van der Waals surface area (Å²) in [4.78, 5) is 24.4. The molecule has 0 aliphatic carbocycles. The maximum Gasteiger partial charge on any atom is 0.312 e. The predicted octanol–water partition coefficient (Wildman–Crippen LogP) is 3.28. The van der Waals surface area contributed by atoms with Gasteiger partial charge in [-0.3, -0.25) is 9.59 Å². The molecule has 1 saturated heterocycles. The van der Waals surface area contributed by atoms with Crippen molar-refractivity contribution in [2.45, 2.75) is 51.9 Å². The Hall–Kier alpha value is -1.88. The number of rotatable bonds is 4. The maximum atomic E-state index is 12.7. The summed E-state index contributed by atoms with van der Waals surface area (Å²) in [6.07, 6.45) is -0.675. The van der Waals surface area contributed by atoms with Crippen LogP contribution in [0.25, 0.3) is 0 Å². The number of methoxy groups -OCH3 is 1. The molecule has 132 valence electrons. The van der Waals surface area contributed by atoms with Crippen molar-refractivity contribution in [1.82, 2.24) is 0 Å². The van der Waals surface area contributed by atoms with Crippen molar-refractivity contribution in [3.8, 4) is 0 Å². The maximum absolute atomic E-state index is 12.7. The second kappa shape index (κ2) is 7.34. The van der Waals surface area contributed by atoms with E-state index in [4.69, 9.17) is 14.2 Å². The lowest BCUT2D eigenvalue weighted by atomic mass is 9.85. The first-order chi connectivity index (χ1) is 11.2. The third-order valence-corrected chi connectivity index (χ3v) is 4.20. The number of hydrogen-bond donors (Lipinski definition) is 0. The van der Waals surface area contributed by atoms with Crippen molar-refractivity contribution >= 4 is 11.9 Å². The van der Waals surface area contributed by atoms with Crippen LogP contribution in [0, 0.1) is 11.8 Å². The molecule has 0 N–H and O–H groups in total. The van der Waals surface area contributed by atoms with E-state index in [9.17, 15) is 9.59 Å². The van der Waals surface area contributed by atoms with Gasteiger partial charge in [-0.15, -0.1) is 0 Å². The van der Waals surface area contributed by atoms with Crippen molar-refractivity contribution in [2.24, 2.45) is 11.8 Å². The second-order valence-corrected chi connectivity index (χ2v) is 7.20. The van der Waals surface area contributed by atoms with E-state index in [0.29, 0.717) is 0 Å². The third kappa shape index (κ3) is 4.35. The van der Waals surface area contributed by atoms with Gasteiger partial charge in [0.1, 0.15) is 5.60 Å².